The number of amides is 1. The predicted molar refractivity (Wildman–Crippen MR) is 115 cm³/mol. The lowest BCUT2D eigenvalue weighted by molar-refractivity contribution is -0.115. The number of methoxy groups -OCH3 is 1. The average molecular weight is 413 g/mol. The number of carbonyl (C=O) groups excluding carboxylic acids is 1. The highest BCUT2D eigenvalue weighted by molar-refractivity contribution is 7.13. The third-order valence-electron chi connectivity index (χ3n) is 4.00. The number of benzene rings is 2. The Kier molecular flexibility index (Phi) is 7.61. The van der Waals surface area contributed by atoms with Gasteiger partial charge in [-0.15, -0.1) is 11.3 Å². The number of ether oxygens (including phenoxy) is 3. The van der Waals surface area contributed by atoms with Gasteiger partial charge in [0.2, 0.25) is 5.91 Å². The maximum Gasteiger partial charge on any atom is 0.230 e. The molecule has 0 bridgehead atoms. The highest BCUT2D eigenvalue weighted by atomic mass is 32.1. The number of anilines is 1. The van der Waals surface area contributed by atoms with E-state index in [1.165, 1.54) is 11.3 Å². The molecular weight excluding hydrogens is 388 g/mol. The zero-order valence-corrected chi connectivity index (χ0v) is 17.3. The first-order valence-electron chi connectivity index (χ1n) is 9.37. The van der Waals surface area contributed by atoms with Crippen molar-refractivity contribution in [3.63, 3.8) is 0 Å². The van der Waals surface area contributed by atoms with Gasteiger partial charge in [-0.1, -0.05) is 0 Å². The molecule has 2 aromatic carbocycles. The van der Waals surface area contributed by atoms with Crippen molar-refractivity contribution in [3.05, 3.63) is 59.6 Å². The first-order chi connectivity index (χ1) is 14.2. The van der Waals surface area contributed by atoms with E-state index in [0.717, 1.165) is 33.5 Å². The van der Waals surface area contributed by atoms with Gasteiger partial charge >= 0.3 is 0 Å². The van der Waals surface area contributed by atoms with E-state index >= 15 is 0 Å². The van der Waals surface area contributed by atoms with Gasteiger partial charge in [0.05, 0.1) is 25.3 Å². The van der Waals surface area contributed by atoms with Crippen molar-refractivity contribution in [3.8, 4) is 22.1 Å². The van der Waals surface area contributed by atoms with E-state index in [0.29, 0.717) is 19.8 Å². The minimum absolute atomic E-state index is 0.110. The van der Waals surface area contributed by atoms with Crippen molar-refractivity contribution in [2.45, 2.75) is 13.3 Å². The van der Waals surface area contributed by atoms with E-state index in [-0.39, 0.29) is 12.3 Å². The summed E-state index contributed by atoms with van der Waals surface area (Å²) in [4.78, 5) is 16.9. The summed E-state index contributed by atoms with van der Waals surface area (Å²) < 4.78 is 15.9. The molecule has 29 heavy (non-hydrogen) atoms. The van der Waals surface area contributed by atoms with Gasteiger partial charge in [0.25, 0.3) is 0 Å². The highest BCUT2D eigenvalue weighted by Gasteiger charge is 2.10. The molecule has 1 N–H and O–H groups in total. The number of hydrogen-bond acceptors (Lipinski definition) is 6. The molecule has 1 amide bonds. The lowest BCUT2D eigenvalue weighted by atomic mass is 10.2. The van der Waals surface area contributed by atoms with Gasteiger partial charge in [-0.05, 0) is 55.5 Å². The lowest BCUT2D eigenvalue weighted by Gasteiger charge is -2.07. The molecule has 7 heteroatoms. The number of thiazole rings is 1. The third kappa shape index (κ3) is 6.30. The highest BCUT2D eigenvalue weighted by Crippen LogP contribution is 2.26. The molecule has 0 unspecified atom stereocenters. The quantitative estimate of drug-likeness (QED) is 0.499. The molecule has 0 radical (unpaired) electrons. The number of nitrogens with zero attached hydrogens (tertiary/aromatic N) is 1. The summed E-state index contributed by atoms with van der Waals surface area (Å²) in [6, 6.07) is 15.1. The molecule has 1 heterocycles. The molecule has 6 nitrogen and oxygen atoms in total. The summed E-state index contributed by atoms with van der Waals surface area (Å²) in [5.74, 6) is 1.46. The third-order valence-corrected chi connectivity index (χ3v) is 4.94. The van der Waals surface area contributed by atoms with E-state index in [1.54, 1.807) is 7.11 Å². The van der Waals surface area contributed by atoms with Gasteiger partial charge in [0.15, 0.2) is 0 Å². The van der Waals surface area contributed by atoms with Gasteiger partial charge in [-0.3, -0.25) is 4.79 Å². The topological polar surface area (TPSA) is 69.7 Å². The molecule has 152 valence electrons. The molecule has 0 atom stereocenters. The summed E-state index contributed by atoms with van der Waals surface area (Å²) in [7, 11) is 1.63. The van der Waals surface area contributed by atoms with Crippen LogP contribution in [-0.4, -0.2) is 37.8 Å². The van der Waals surface area contributed by atoms with E-state index in [9.17, 15) is 4.79 Å². The van der Waals surface area contributed by atoms with Crippen LogP contribution in [0.1, 0.15) is 12.6 Å². The van der Waals surface area contributed by atoms with Crippen molar-refractivity contribution in [2.75, 3.05) is 32.2 Å². The molecular formula is C22H24N2O4S. The molecule has 0 saturated carbocycles. The van der Waals surface area contributed by atoms with Crippen LogP contribution in [0.3, 0.4) is 0 Å². The Hall–Kier alpha value is -2.90. The Labute approximate surface area is 174 Å². The molecule has 0 aliphatic rings. The van der Waals surface area contributed by atoms with Crippen molar-refractivity contribution in [1.29, 1.82) is 0 Å². The number of carbonyl (C=O) groups is 1. The van der Waals surface area contributed by atoms with Crippen LogP contribution >= 0.6 is 11.3 Å². The Bertz CT molecular complexity index is 907. The van der Waals surface area contributed by atoms with Crippen LogP contribution in [0.2, 0.25) is 0 Å². The number of nitrogens with one attached hydrogen (secondary N) is 1. The molecule has 0 spiro atoms. The Morgan fingerprint density at radius 3 is 2.38 bits per heavy atom. The number of rotatable bonds is 10. The summed E-state index contributed by atoms with van der Waals surface area (Å²) in [6.07, 6.45) is 0.222. The minimum atomic E-state index is -0.110. The first kappa shape index (κ1) is 20.8. The predicted octanol–water partition coefficient (Wildman–Crippen LogP) is 4.42. The fourth-order valence-corrected chi connectivity index (χ4v) is 3.45. The lowest BCUT2D eigenvalue weighted by Crippen LogP contribution is -2.14. The molecule has 0 saturated heterocycles. The first-order valence-corrected chi connectivity index (χ1v) is 10.2. The molecule has 0 aliphatic heterocycles. The molecule has 1 aromatic heterocycles. The Balaban J connectivity index is 1.53. The Morgan fingerprint density at radius 2 is 1.69 bits per heavy atom. The SMILES string of the molecule is CCOc1ccc(-c2nc(CC(=O)Nc3ccc(OCCOC)cc3)cs2)cc1. The monoisotopic (exact) mass is 412 g/mol. The van der Waals surface area contributed by atoms with E-state index in [2.05, 4.69) is 10.3 Å². The van der Waals surface area contributed by atoms with Gasteiger partial charge in [0.1, 0.15) is 23.1 Å². The second-order valence-corrected chi connectivity index (χ2v) is 7.05. The molecule has 0 fully saturated rings. The van der Waals surface area contributed by atoms with Crippen LogP contribution in [0, 0.1) is 0 Å². The van der Waals surface area contributed by atoms with Crippen LogP contribution in [0.4, 0.5) is 5.69 Å². The molecule has 0 aliphatic carbocycles. The molecule has 3 rings (SSSR count). The van der Waals surface area contributed by atoms with Crippen LogP contribution in [-0.2, 0) is 16.0 Å². The maximum absolute atomic E-state index is 12.3. The van der Waals surface area contributed by atoms with E-state index < -0.39 is 0 Å². The second kappa shape index (κ2) is 10.6. The van der Waals surface area contributed by atoms with E-state index in [4.69, 9.17) is 14.2 Å². The van der Waals surface area contributed by atoms with Crippen molar-refractivity contribution < 1.29 is 19.0 Å². The van der Waals surface area contributed by atoms with Crippen LogP contribution in [0.5, 0.6) is 11.5 Å². The van der Waals surface area contributed by atoms with Crippen LogP contribution in [0.15, 0.2) is 53.9 Å². The summed E-state index contributed by atoms with van der Waals surface area (Å²) in [6.45, 7) is 3.62. The smallest absolute Gasteiger partial charge is 0.230 e. The van der Waals surface area contributed by atoms with Gasteiger partial charge in [-0.25, -0.2) is 4.98 Å². The normalized spacial score (nSPS) is 10.6. The summed E-state index contributed by atoms with van der Waals surface area (Å²) in [5.41, 5.74) is 2.47. The van der Waals surface area contributed by atoms with Gasteiger partial charge in [0, 0.05) is 23.7 Å². The standard InChI is InChI=1S/C22H24N2O4S/c1-3-27-19-8-4-16(5-9-19)22-24-18(15-29-22)14-21(25)23-17-6-10-20(11-7-17)28-13-12-26-2/h4-11,15H,3,12-14H2,1-2H3,(H,23,25). The number of aromatic nitrogens is 1. The summed E-state index contributed by atoms with van der Waals surface area (Å²) in [5, 5.41) is 5.68. The van der Waals surface area contributed by atoms with Crippen molar-refractivity contribution in [2.24, 2.45) is 0 Å². The number of hydrogen-bond donors (Lipinski definition) is 1. The van der Waals surface area contributed by atoms with Crippen molar-refractivity contribution in [1.82, 2.24) is 4.98 Å². The Morgan fingerprint density at radius 1 is 1.00 bits per heavy atom. The zero-order chi connectivity index (χ0) is 20.5. The average Bonchev–Trinajstić information content (AvgIpc) is 3.18. The largest absolute Gasteiger partial charge is 0.494 e. The maximum atomic E-state index is 12.3. The second-order valence-electron chi connectivity index (χ2n) is 6.19. The zero-order valence-electron chi connectivity index (χ0n) is 16.5. The van der Waals surface area contributed by atoms with Gasteiger partial charge in [-0.2, -0.15) is 0 Å². The van der Waals surface area contributed by atoms with Gasteiger partial charge < -0.3 is 19.5 Å². The summed E-state index contributed by atoms with van der Waals surface area (Å²) >= 11 is 1.52. The van der Waals surface area contributed by atoms with Crippen molar-refractivity contribution >= 4 is 22.9 Å². The molecule has 3 aromatic rings. The fraction of sp³-hybridized carbons (Fsp3) is 0.273. The minimum Gasteiger partial charge on any atom is -0.494 e. The fourth-order valence-electron chi connectivity index (χ4n) is 2.63. The van der Waals surface area contributed by atoms with Crippen LogP contribution in [0.25, 0.3) is 10.6 Å². The van der Waals surface area contributed by atoms with Crippen LogP contribution < -0.4 is 14.8 Å². The van der Waals surface area contributed by atoms with E-state index in [1.807, 2.05) is 60.8 Å².